The van der Waals surface area contributed by atoms with Crippen molar-refractivity contribution in [3.8, 4) is 0 Å². The number of amides is 2. The van der Waals surface area contributed by atoms with E-state index in [0.717, 1.165) is 32.8 Å². The van der Waals surface area contributed by atoms with Crippen molar-refractivity contribution < 1.29 is 14.3 Å². The highest BCUT2D eigenvalue weighted by Gasteiger charge is 2.27. The van der Waals surface area contributed by atoms with Crippen LogP contribution in [0.4, 0.5) is 4.79 Å². The maximum atomic E-state index is 13.4. The number of carbonyl (C=O) groups is 2. The summed E-state index contributed by atoms with van der Waals surface area (Å²) < 4.78 is 5.43. The maximum Gasteiger partial charge on any atom is 0.408 e. The van der Waals surface area contributed by atoms with E-state index in [9.17, 15) is 9.59 Å². The Morgan fingerprint density at radius 1 is 0.912 bits per heavy atom. The monoisotopic (exact) mass is 457 g/mol. The summed E-state index contributed by atoms with van der Waals surface area (Å²) in [7, 11) is 0. The van der Waals surface area contributed by atoms with E-state index in [1.807, 2.05) is 61.7 Å². The molecule has 4 rings (SSSR count). The summed E-state index contributed by atoms with van der Waals surface area (Å²) in [6.07, 6.45) is 1.60. The first-order valence-electron chi connectivity index (χ1n) is 11.5. The molecule has 3 N–H and O–H groups in total. The molecule has 34 heavy (non-hydrogen) atoms. The van der Waals surface area contributed by atoms with Crippen LogP contribution < -0.4 is 10.6 Å². The quantitative estimate of drug-likeness (QED) is 0.351. The van der Waals surface area contributed by atoms with Gasteiger partial charge in [-0.15, -0.1) is 0 Å². The molecule has 0 aliphatic heterocycles. The van der Waals surface area contributed by atoms with E-state index < -0.39 is 17.7 Å². The number of rotatable bonds is 6. The molecule has 6 heteroatoms. The molecule has 0 spiro atoms. The van der Waals surface area contributed by atoms with Crippen molar-refractivity contribution in [2.24, 2.45) is 0 Å². The second-order valence-electron chi connectivity index (χ2n) is 9.56. The number of fused-ring (bicyclic) bond motifs is 2. The largest absolute Gasteiger partial charge is 0.444 e. The molecule has 0 unspecified atom stereocenters. The molecular formula is C28H31N3O3. The number of benzene rings is 3. The van der Waals surface area contributed by atoms with E-state index in [2.05, 4.69) is 33.8 Å². The van der Waals surface area contributed by atoms with E-state index in [4.69, 9.17) is 4.74 Å². The van der Waals surface area contributed by atoms with Crippen LogP contribution in [0, 0.1) is 0 Å². The zero-order chi connectivity index (χ0) is 24.3. The van der Waals surface area contributed by atoms with Crippen molar-refractivity contribution in [1.82, 2.24) is 15.6 Å². The summed E-state index contributed by atoms with van der Waals surface area (Å²) in [5.41, 5.74) is 2.29. The van der Waals surface area contributed by atoms with Crippen LogP contribution in [0.3, 0.4) is 0 Å². The SMILES string of the molecule is C[C@@H](NC(=O)[C@@H](Cc1c[nH]c2ccccc12)NC(=O)OC(C)(C)C)c1cccc2ccccc12. The molecule has 2 amide bonds. The van der Waals surface area contributed by atoms with Gasteiger partial charge in [-0.2, -0.15) is 0 Å². The van der Waals surface area contributed by atoms with Gasteiger partial charge in [0.15, 0.2) is 0 Å². The predicted octanol–water partition coefficient (Wildman–Crippen LogP) is 5.63. The Labute approximate surface area is 199 Å². The average molecular weight is 458 g/mol. The van der Waals surface area contributed by atoms with Crippen LogP contribution in [0.1, 0.15) is 44.9 Å². The van der Waals surface area contributed by atoms with Crippen LogP contribution >= 0.6 is 0 Å². The van der Waals surface area contributed by atoms with Crippen molar-refractivity contribution >= 4 is 33.7 Å². The van der Waals surface area contributed by atoms with Crippen molar-refractivity contribution in [1.29, 1.82) is 0 Å². The molecule has 3 aromatic carbocycles. The van der Waals surface area contributed by atoms with Gasteiger partial charge in [-0.05, 0) is 55.7 Å². The smallest absolute Gasteiger partial charge is 0.408 e. The average Bonchev–Trinajstić information content (AvgIpc) is 3.20. The Bertz CT molecular complexity index is 1310. The molecule has 1 heterocycles. The van der Waals surface area contributed by atoms with Gasteiger partial charge in [-0.25, -0.2) is 4.79 Å². The first-order valence-corrected chi connectivity index (χ1v) is 11.5. The van der Waals surface area contributed by atoms with Gasteiger partial charge < -0.3 is 20.4 Å². The Hall–Kier alpha value is -3.80. The molecule has 0 radical (unpaired) electrons. The molecule has 4 aromatic rings. The lowest BCUT2D eigenvalue weighted by atomic mass is 9.99. The van der Waals surface area contributed by atoms with Crippen molar-refractivity contribution in [3.63, 3.8) is 0 Å². The Morgan fingerprint density at radius 3 is 2.35 bits per heavy atom. The summed E-state index contributed by atoms with van der Waals surface area (Å²) in [5, 5.41) is 9.11. The van der Waals surface area contributed by atoms with Gasteiger partial charge in [-0.1, -0.05) is 60.7 Å². The van der Waals surface area contributed by atoms with Crippen molar-refractivity contribution in [2.75, 3.05) is 0 Å². The van der Waals surface area contributed by atoms with Gasteiger partial charge in [0, 0.05) is 23.5 Å². The van der Waals surface area contributed by atoms with Crippen molar-refractivity contribution in [2.45, 2.75) is 51.8 Å². The fourth-order valence-corrected chi connectivity index (χ4v) is 4.20. The topological polar surface area (TPSA) is 83.2 Å². The number of hydrogen-bond acceptors (Lipinski definition) is 3. The first-order chi connectivity index (χ1) is 16.2. The molecule has 0 saturated carbocycles. The second-order valence-corrected chi connectivity index (χ2v) is 9.56. The number of para-hydroxylation sites is 1. The van der Waals surface area contributed by atoms with Crippen LogP contribution in [0.2, 0.25) is 0 Å². The minimum absolute atomic E-state index is 0.246. The molecule has 0 aliphatic rings. The number of ether oxygens (including phenoxy) is 1. The van der Waals surface area contributed by atoms with Gasteiger partial charge in [0.1, 0.15) is 11.6 Å². The summed E-state index contributed by atoms with van der Waals surface area (Å²) in [4.78, 5) is 29.2. The van der Waals surface area contributed by atoms with Gasteiger partial charge in [-0.3, -0.25) is 4.79 Å². The Kier molecular flexibility index (Phi) is 6.59. The molecule has 176 valence electrons. The molecule has 0 aliphatic carbocycles. The Balaban J connectivity index is 1.58. The molecule has 0 bridgehead atoms. The standard InChI is InChI=1S/C28H31N3O3/c1-18(21-14-9-11-19-10-5-6-12-22(19)21)30-26(32)25(31-27(33)34-28(2,3)4)16-20-17-29-24-15-8-7-13-23(20)24/h5-15,17-18,25,29H,16H2,1-4H3,(H,30,32)(H,31,33)/t18-,25-/m1/s1. The number of aromatic nitrogens is 1. The number of nitrogens with one attached hydrogen (secondary N) is 3. The number of carbonyl (C=O) groups excluding carboxylic acids is 2. The third kappa shape index (κ3) is 5.39. The van der Waals surface area contributed by atoms with Crippen LogP contribution in [0.5, 0.6) is 0 Å². The Morgan fingerprint density at radius 2 is 1.59 bits per heavy atom. The lowest BCUT2D eigenvalue weighted by molar-refractivity contribution is -0.123. The van der Waals surface area contributed by atoms with E-state index in [-0.39, 0.29) is 11.9 Å². The van der Waals surface area contributed by atoms with Crippen LogP contribution in [-0.4, -0.2) is 28.6 Å². The fraction of sp³-hybridized carbons (Fsp3) is 0.286. The number of alkyl carbamates (subject to hydrolysis) is 1. The lowest BCUT2D eigenvalue weighted by Gasteiger charge is -2.25. The minimum atomic E-state index is -0.800. The van der Waals surface area contributed by atoms with Crippen molar-refractivity contribution in [3.05, 3.63) is 84.1 Å². The van der Waals surface area contributed by atoms with Gasteiger partial charge in [0.25, 0.3) is 0 Å². The zero-order valence-electron chi connectivity index (χ0n) is 20.0. The van der Waals surface area contributed by atoms with E-state index in [1.165, 1.54) is 0 Å². The highest BCUT2D eigenvalue weighted by atomic mass is 16.6. The lowest BCUT2D eigenvalue weighted by Crippen LogP contribution is -2.49. The normalized spacial score (nSPS) is 13.4. The first kappa shape index (κ1) is 23.4. The molecular weight excluding hydrogens is 426 g/mol. The fourth-order valence-electron chi connectivity index (χ4n) is 4.20. The summed E-state index contributed by atoms with van der Waals surface area (Å²) in [5.74, 6) is -0.267. The van der Waals surface area contributed by atoms with Gasteiger partial charge in [0.05, 0.1) is 6.04 Å². The van der Waals surface area contributed by atoms with Gasteiger partial charge in [0.2, 0.25) is 5.91 Å². The molecule has 0 fully saturated rings. The summed E-state index contributed by atoms with van der Waals surface area (Å²) >= 11 is 0. The summed E-state index contributed by atoms with van der Waals surface area (Å²) in [6, 6.07) is 21.0. The molecule has 1 aromatic heterocycles. The number of aromatic amines is 1. The molecule has 0 saturated heterocycles. The number of H-pyrrole nitrogens is 1. The highest BCUT2D eigenvalue weighted by molar-refractivity contribution is 5.90. The zero-order valence-corrected chi connectivity index (χ0v) is 20.0. The highest BCUT2D eigenvalue weighted by Crippen LogP contribution is 2.25. The van der Waals surface area contributed by atoms with E-state index in [1.54, 1.807) is 20.8 Å². The van der Waals surface area contributed by atoms with E-state index >= 15 is 0 Å². The second kappa shape index (κ2) is 9.59. The third-order valence-electron chi connectivity index (χ3n) is 5.76. The summed E-state index contributed by atoms with van der Waals surface area (Å²) in [6.45, 7) is 7.34. The maximum absolute atomic E-state index is 13.4. The van der Waals surface area contributed by atoms with Crippen LogP contribution in [-0.2, 0) is 16.0 Å². The molecule has 2 atom stereocenters. The van der Waals surface area contributed by atoms with Crippen LogP contribution in [0.25, 0.3) is 21.7 Å². The van der Waals surface area contributed by atoms with E-state index in [0.29, 0.717) is 6.42 Å². The predicted molar refractivity (Wildman–Crippen MR) is 136 cm³/mol. The third-order valence-corrected chi connectivity index (χ3v) is 5.76. The molecule has 6 nitrogen and oxygen atoms in total. The minimum Gasteiger partial charge on any atom is -0.444 e. The van der Waals surface area contributed by atoms with Crippen LogP contribution in [0.15, 0.2) is 72.9 Å². The van der Waals surface area contributed by atoms with Gasteiger partial charge >= 0.3 is 6.09 Å². The number of hydrogen-bond donors (Lipinski definition) is 3.